The summed E-state index contributed by atoms with van der Waals surface area (Å²) in [7, 11) is 0. The maximum Gasteiger partial charge on any atom is 0.317 e. The molecule has 82 valence electrons. The Hall–Kier alpha value is -0.770. The van der Waals surface area contributed by atoms with Gasteiger partial charge in [-0.3, -0.25) is 0 Å². The summed E-state index contributed by atoms with van der Waals surface area (Å²) in [6, 6.07) is 0.0496. The summed E-state index contributed by atoms with van der Waals surface area (Å²) < 4.78 is 5.17. The Bertz CT molecular complexity index is 179. The molecule has 1 aliphatic rings. The van der Waals surface area contributed by atoms with Gasteiger partial charge in [-0.1, -0.05) is 20.3 Å². The van der Waals surface area contributed by atoms with E-state index in [4.69, 9.17) is 4.74 Å². The van der Waals surface area contributed by atoms with Gasteiger partial charge in [0.05, 0.1) is 13.2 Å². The smallest absolute Gasteiger partial charge is 0.317 e. The van der Waals surface area contributed by atoms with Crippen LogP contribution in [0.15, 0.2) is 0 Å². The molecule has 1 rings (SSSR count). The molecule has 1 aliphatic heterocycles. The van der Waals surface area contributed by atoms with Crippen molar-refractivity contribution in [2.24, 2.45) is 5.92 Å². The van der Waals surface area contributed by atoms with Crippen molar-refractivity contribution in [1.29, 1.82) is 0 Å². The predicted octanol–water partition coefficient (Wildman–Crippen LogP) is 1.07. The normalized spacial score (nSPS) is 19.1. The van der Waals surface area contributed by atoms with Gasteiger partial charge >= 0.3 is 6.03 Å². The SMILES string of the molecule is CCC(C)CNC(=O)N1CCOCC1. The highest BCUT2D eigenvalue weighted by atomic mass is 16.5. The molecule has 0 radical (unpaired) electrons. The zero-order valence-corrected chi connectivity index (χ0v) is 9.08. The first-order chi connectivity index (χ1) is 6.74. The third-order valence-corrected chi connectivity index (χ3v) is 2.60. The van der Waals surface area contributed by atoms with Crippen molar-refractivity contribution in [2.75, 3.05) is 32.8 Å². The van der Waals surface area contributed by atoms with Crippen LogP contribution < -0.4 is 5.32 Å². The first-order valence-corrected chi connectivity index (χ1v) is 5.34. The molecule has 1 saturated heterocycles. The standard InChI is InChI=1S/C10H20N2O2/c1-3-9(2)8-11-10(13)12-4-6-14-7-5-12/h9H,3-8H2,1-2H3,(H,11,13). The average Bonchev–Trinajstić information content (AvgIpc) is 2.26. The quantitative estimate of drug-likeness (QED) is 0.740. The lowest BCUT2D eigenvalue weighted by Gasteiger charge is -2.27. The van der Waals surface area contributed by atoms with Crippen molar-refractivity contribution in [1.82, 2.24) is 10.2 Å². The topological polar surface area (TPSA) is 41.6 Å². The molecule has 2 amide bonds. The number of amides is 2. The van der Waals surface area contributed by atoms with Gasteiger partial charge in [-0.05, 0) is 5.92 Å². The highest BCUT2D eigenvalue weighted by Crippen LogP contribution is 2.00. The summed E-state index contributed by atoms with van der Waals surface area (Å²) in [4.78, 5) is 13.4. The fourth-order valence-electron chi connectivity index (χ4n) is 1.28. The Morgan fingerprint density at radius 1 is 1.50 bits per heavy atom. The Kier molecular flexibility index (Phi) is 4.73. The van der Waals surface area contributed by atoms with Crippen molar-refractivity contribution in [3.63, 3.8) is 0 Å². The van der Waals surface area contributed by atoms with E-state index < -0.39 is 0 Å². The van der Waals surface area contributed by atoms with Crippen molar-refractivity contribution < 1.29 is 9.53 Å². The lowest BCUT2D eigenvalue weighted by atomic mass is 10.1. The van der Waals surface area contributed by atoms with Gasteiger partial charge in [-0.15, -0.1) is 0 Å². The molecule has 1 atom stereocenters. The maximum atomic E-state index is 11.6. The average molecular weight is 200 g/mol. The summed E-state index contributed by atoms with van der Waals surface area (Å²) in [6.45, 7) is 7.80. The first-order valence-electron chi connectivity index (χ1n) is 5.34. The zero-order chi connectivity index (χ0) is 10.4. The van der Waals surface area contributed by atoms with E-state index in [1.165, 1.54) is 0 Å². The van der Waals surface area contributed by atoms with Gasteiger partial charge in [0.1, 0.15) is 0 Å². The molecule has 1 N–H and O–H groups in total. The first kappa shape index (κ1) is 11.3. The van der Waals surface area contributed by atoms with Gasteiger partial charge in [-0.25, -0.2) is 4.79 Å². The monoisotopic (exact) mass is 200 g/mol. The van der Waals surface area contributed by atoms with Crippen LogP contribution in [0.1, 0.15) is 20.3 Å². The minimum Gasteiger partial charge on any atom is -0.378 e. The molecule has 1 unspecified atom stereocenters. The van der Waals surface area contributed by atoms with E-state index in [9.17, 15) is 4.79 Å². The van der Waals surface area contributed by atoms with Crippen molar-refractivity contribution in [3.8, 4) is 0 Å². The van der Waals surface area contributed by atoms with Crippen LogP contribution in [0.3, 0.4) is 0 Å². The fraction of sp³-hybridized carbons (Fsp3) is 0.900. The van der Waals surface area contributed by atoms with Crippen LogP contribution in [-0.2, 0) is 4.74 Å². The van der Waals surface area contributed by atoms with Crippen LogP contribution in [0.5, 0.6) is 0 Å². The molecular weight excluding hydrogens is 180 g/mol. The Balaban J connectivity index is 2.19. The number of urea groups is 1. The molecule has 4 heteroatoms. The second-order valence-electron chi connectivity index (χ2n) is 3.80. The largest absolute Gasteiger partial charge is 0.378 e. The number of nitrogens with one attached hydrogen (secondary N) is 1. The molecule has 1 fully saturated rings. The molecule has 4 nitrogen and oxygen atoms in total. The summed E-state index contributed by atoms with van der Waals surface area (Å²) >= 11 is 0. The van der Waals surface area contributed by atoms with Crippen LogP contribution in [0.4, 0.5) is 4.79 Å². The second kappa shape index (κ2) is 5.86. The molecule has 0 aromatic heterocycles. The van der Waals surface area contributed by atoms with E-state index in [0.717, 1.165) is 13.0 Å². The molecule has 0 aromatic rings. The van der Waals surface area contributed by atoms with Crippen LogP contribution in [0.25, 0.3) is 0 Å². The zero-order valence-electron chi connectivity index (χ0n) is 9.08. The van der Waals surface area contributed by atoms with Crippen molar-refractivity contribution in [2.45, 2.75) is 20.3 Å². The summed E-state index contributed by atoms with van der Waals surface area (Å²) in [5, 5.41) is 2.93. The molecule has 14 heavy (non-hydrogen) atoms. The van der Waals surface area contributed by atoms with Crippen LogP contribution in [-0.4, -0.2) is 43.8 Å². The van der Waals surface area contributed by atoms with Gasteiger partial charge in [-0.2, -0.15) is 0 Å². The third kappa shape index (κ3) is 3.54. The molecule has 0 aromatic carbocycles. The Morgan fingerprint density at radius 3 is 2.71 bits per heavy atom. The van der Waals surface area contributed by atoms with E-state index in [-0.39, 0.29) is 6.03 Å². The fourth-order valence-corrected chi connectivity index (χ4v) is 1.28. The van der Waals surface area contributed by atoms with Gasteiger partial charge < -0.3 is 15.0 Å². The number of hydrogen-bond acceptors (Lipinski definition) is 2. The lowest BCUT2D eigenvalue weighted by molar-refractivity contribution is 0.0530. The highest BCUT2D eigenvalue weighted by molar-refractivity contribution is 5.74. The number of carbonyl (C=O) groups excluding carboxylic acids is 1. The van der Waals surface area contributed by atoms with E-state index in [0.29, 0.717) is 32.2 Å². The van der Waals surface area contributed by atoms with Gasteiger partial charge in [0.2, 0.25) is 0 Å². The van der Waals surface area contributed by atoms with Gasteiger partial charge in [0.15, 0.2) is 0 Å². The van der Waals surface area contributed by atoms with Gasteiger partial charge in [0.25, 0.3) is 0 Å². The Labute approximate surface area is 85.6 Å². The molecule has 0 aliphatic carbocycles. The third-order valence-electron chi connectivity index (χ3n) is 2.60. The number of morpholine rings is 1. The van der Waals surface area contributed by atoms with Crippen LogP contribution in [0.2, 0.25) is 0 Å². The number of hydrogen-bond donors (Lipinski definition) is 1. The summed E-state index contributed by atoms with van der Waals surface area (Å²) in [5.41, 5.74) is 0. The summed E-state index contributed by atoms with van der Waals surface area (Å²) in [5.74, 6) is 0.556. The van der Waals surface area contributed by atoms with E-state index in [2.05, 4.69) is 19.2 Å². The maximum absolute atomic E-state index is 11.6. The predicted molar refractivity (Wildman–Crippen MR) is 55.2 cm³/mol. The molecule has 0 saturated carbocycles. The van der Waals surface area contributed by atoms with E-state index >= 15 is 0 Å². The molecule has 0 bridgehead atoms. The Morgan fingerprint density at radius 2 is 2.14 bits per heavy atom. The number of rotatable bonds is 3. The highest BCUT2D eigenvalue weighted by Gasteiger charge is 2.16. The second-order valence-corrected chi connectivity index (χ2v) is 3.80. The number of nitrogens with zero attached hydrogens (tertiary/aromatic N) is 1. The van der Waals surface area contributed by atoms with Crippen LogP contribution >= 0.6 is 0 Å². The van der Waals surface area contributed by atoms with Gasteiger partial charge in [0, 0.05) is 19.6 Å². The molecule has 0 spiro atoms. The minimum absolute atomic E-state index is 0.0496. The van der Waals surface area contributed by atoms with Crippen molar-refractivity contribution >= 4 is 6.03 Å². The number of ether oxygens (including phenoxy) is 1. The summed E-state index contributed by atoms with van der Waals surface area (Å²) in [6.07, 6.45) is 1.10. The van der Waals surface area contributed by atoms with Crippen molar-refractivity contribution in [3.05, 3.63) is 0 Å². The number of carbonyl (C=O) groups is 1. The van der Waals surface area contributed by atoms with E-state index in [1.807, 2.05) is 4.90 Å². The van der Waals surface area contributed by atoms with E-state index in [1.54, 1.807) is 0 Å². The molecular formula is C10H20N2O2. The minimum atomic E-state index is 0.0496. The van der Waals surface area contributed by atoms with Crippen LogP contribution in [0, 0.1) is 5.92 Å². The molecule has 1 heterocycles. The lowest BCUT2D eigenvalue weighted by Crippen LogP contribution is -2.47.